The van der Waals surface area contributed by atoms with Crippen LogP contribution < -0.4 is 0 Å². The molecule has 16 aliphatic heterocycles. The fraction of sp³-hybridized carbons (Fsp3) is 0.902. The molecule has 4 saturated carbocycles. The summed E-state index contributed by atoms with van der Waals surface area (Å²) in [6.45, 7) is 22.4. The van der Waals surface area contributed by atoms with E-state index in [4.69, 9.17) is 115 Å². The second kappa shape index (κ2) is 31.0. The van der Waals surface area contributed by atoms with Crippen LogP contribution in [0.2, 0.25) is 0 Å². The summed E-state index contributed by atoms with van der Waals surface area (Å²) in [5, 5.41) is 0. The molecule has 20 fully saturated rings. The number of ether oxygens (including phenoxy) is 16. The van der Waals surface area contributed by atoms with Crippen molar-refractivity contribution in [3.05, 3.63) is 0 Å². The molecule has 33 atom stereocenters. The van der Waals surface area contributed by atoms with E-state index in [1.54, 1.807) is 27.7 Å². The van der Waals surface area contributed by atoms with Gasteiger partial charge in [-0.15, -0.1) is 0 Å². The Labute approximate surface area is 664 Å². The quantitative estimate of drug-likeness (QED) is 0.0492. The van der Waals surface area contributed by atoms with E-state index in [0.717, 1.165) is 70.6 Å². The van der Waals surface area contributed by atoms with Crippen molar-refractivity contribution in [3.63, 3.8) is 0 Å². The molecule has 20 rings (SSSR count). The van der Waals surface area contributed by atoms with Gasteiger partial charge in [0.2, 0.25) is 48.3 Å². The molecule has 4 aliphatic carbocycles. The van der Waals surface area contributed by atoms with Crippen LogP contribution in [0.5, 0.6) is 0 Å². The second-order valence-electron chi connectivity index (χ2n) is 37.8. The topological polar surface area (TPSA) is 358 Å². The second-order valence-corrected chi connectivity index (χ2v) is 37.8. The molecule has 16 heterocycles. The van der Waals surface area contributed by atoms with Crippen molar-refractivity contribution < 1.29 is 153 Å². The summed E-state index contributed by atoms with van der Waals surface area (Å²) < 4.78 is 99.6. The SMILES string of the molecule is C[C@@H]1[C@@H](OC(=O)CCC(=O)OCC(COC(=O)CCC(=O)OC2O[C@@H]3O[C@]4(C)CC[C@H]5[C@H](C)CC[C@@H]([C@H]2C)[C@@]35OO4)(COC(=O)CCC(=O)O[C@@H]2O[C@@H]3O[C@]4(C)CC[C@H]5[C@H](C)CC[C@@H]([C@H]2C)[C@@]35OO4)COC(=O)CCC(=O)O[C@@H]2O[C@@H]3O[C@]4(C)CC[C@H]5[C@H](C)CC[C@@](C)([C@H]2C)[C@@]35OO4)O[C@H]2O[C@@]3(C)CC[C@@H]4[C@@H](C)CC[C@H]1[C@]24OO3. The molecule has 32 nitrogen and oxygen atoms in total. The number of fused-ring (bicyclic) bond motifs is 8. The average Bonchev–Trinajstić information content (AvgIpc) is 1.30. The Kier molecular flexibility index (Phi) is 22.5. The maximum atomic E-state index is 14.2. The zero-order valence-corrected chi connectivity index (χ0v) is 68.1. The van der Waals surface area contributed by atoms with Crippen LogP contribution in [0.4, 0.5) is 0 Å². The third kappa shape index (κ3) is 14.4. The minimum Gasteiger partial charge on any atom is -0.465 e. The van der Waals surface area contributed by atoms with Gasteiger partial charge in [0.25, 0.3) is 0 Å². The number of carbonyl (C=O) groups is 8. The molecule has 0 amide bonds. The Morgan fingerprint density at radius 3 is 0.921 bits per heavy atom. The van der Waals surface area contributed by atoms with E-state index in [1.165, 1.54) is 0 Å². The smallest absolute Gasteiger partial charge is 0.308 e. The molecule has 4 spiro atoms. The van der Waals surface area contributed by atoms with Crippen LogP contribution in [0.25, 0.3) is 0 Å². The first kappa shape index (κ1) is 82.8. The molecule has 8 bridgehead atoms. The third-order valence-electron chi connectivity index (χ3n) is 30.5. The van der Waals surface area contributed by atoms with Crippen LogP contribution in [0, 0.1) is 99.6 Å². The number of rotatable bonds is 24. The first-order valence-corrected chi connectivity index (χ1v) is 42.3. The lowest BCUT2D eigenvalue weighted by Gasteiger charge is -2.65. The number of hydrogen-bond acceptors (Lipinski definition) is 32. The molecule has 0 aromatic carbocycles. The van der Waals surface area contributed by atoms with Gasteiger partial charge in [0, 0.05) is 72.5 Å². The lowest BCUT2D eigenvalue weighted by molar-refractivity contribution is -0.586. The van der Waals surface area contributed by atoms with E-state index in [9.17, 15) is 38.4 Å². The van der Waals surface area contributed by atoms with Crippen molar-refractivity contribution in [1.29, 1.82) is 0 Å². The van der Waals surface area contributed by atoms with Crippen LogP contribution in [0.3, 0.4) is 0 Å². The van der Waals surface area contributed by atoms with Gasteiger partial charge in [-0.25, -0.2) is 39.1 Å². The van der Waals surface area contributed by atoms with Crippen LogP contribution in [0.1, 0.15) is 244 Å². The molecule has 32 heteroatoms. The predicted molar refractivity (Wildman–Crippen MR) is 380 cm³/mol. The molecule has 638 valence electrons. The van der Waals surface area contributed by atoms with Gasteiger partial charge in [0.1, 0.15) is 31.8 Å². The van der Waals surface area contributed by atoms with E-state index in [2.05, 4.69) is 34.6 Å². The van der Waals surface area contributed by atoms with Crippen LogP contribution in [-0.4, -0.2) is 170 Å². The molecule has 114 heavy (non-hydrogen) atoms. The maximum absolute atomic E-state index is 14.2. The first-order chi connectivity index (χ1) is 54.1. The summed E-state index contributed by atoms with van der Waals surface area (Å²) in [6, 6.07) is 0. The zero-order valence-electron chi connectivity index (χ0n) is 68.1. The van der Waals surface area contributed by atoms with Crippen molar-refractivity contribution in [2.45, 2.75) is 340 Å². The van der Waals surface area contributed by atoms with Crippen molar-refractivity contribution in [2.75, 3.05) is 26.4 Å². The van der Waals surface area contributed by atoms with Gasteiger partial charge in [0.05, 0.1) is 51.4 Å². The molecule has 20 aliphatic rings. The Hall–Kier alpha value is -4.88. The summed E-state index contributed by atoms with van der Waals surface area (Å²) in [4.78, 5) is 162. The highest BCUT2D eigenvalue weighted by Crippen LogP contribution is 2.68. The molecule has 0 radical (unpaired) electrons. The Bertz CT molecular complexity index is 3380. The van der Waals surface area contributed by atoms with Crippen LogP contribution in [-0.2, 0) is 153 Å². The highest BCUT2D eigenvalue weighted by atomic mass is 17.3. The van der Waals surface area contributed by atoms with Gasteiger partial charge in [-0.1, -0.05) is 62.3 Å². The van der Waals surface area contributed by atoms with Crippen molar-refractivity contribution in [1.82, 2.24) is 0 Å². The number of esters is 8. The Morgan fingerprint density at radius 1 is 0.298 bits per heavy atom. The highest BCUT2D eigenvalue weighted by Gasteiger charge is 2.77. The molecule has 2 unspecified atom stereocenters. The summed E-state index contributed by atoms with van der Waals surface area (Å²) >= 11 is 0. The van der Waals surface area contributed by atoms with Crippen LogP contribution in [0.15, 0.2) is 0 Å². The minimum absolute atomic E-state index is 0.0190. The largest absolute Gasteiger partial charge is 0.465 e. The van der Waals surface area contributed by atoms with Crippen molar-refractivity contribution >= 4 is 47.8 Å². The van der Waals surface area contributed by atoms with E-state index < -0.39 is 238 Å². The zero-order chi connectivity index (χ0) is 80.7. The van der Waals surface area contributed by atoms with Gasteiger partial charge < -0.3 is 75.8 Å². The highest BCUT2D eigenvalue weighted by molar-refractivity contribution is 5.80. The number of carbonyl (C=O) groups excluding carboxylic acids is 8. The molecule has 0 N–H and O–H groups in total. The van der Waals surface area contributed by atoms with Gasteiger partial charge in [-0.05, 0) is 152 Å². The van der Waals surface area contributed by atoms with Crippen LogP contribution >= 0.6 is 0 Å². The Morgan fingerprint density at radius 2 is 0.579 bits per heavy atom. The molecular formula is C82H118O32. The van der Waals surface area contributed by atoms with Gasteiger partial charge in [-0.3, -0.25) is 38.4 Å². The van der Waals surface area contributed by atoms with Crippen molar-refractivity contribution in [2.24, 2.45) is 99.6 Å². The van der Waals surface area contributed by atoms with Gasteiger partial charge >= 0.3 is 47.8 Å². The summed E-state index contributed by atoms with van der Waals surface area (Å²) in [5.74, 6) is -12.3. The summed E-state index contributed by atoms with van der Waals surface area (Å²) in [5.41, 5.74) is -6.41. The Balaban J connectivity index is 0.605. The monoisotopic (exact) mass is 1610 g/mol. The van der Waals surface area contributed by atoms with Gasteiger partial charge in [0.15, 0.2) is 47.6 Å². The molecule has 16 saturated heterocycles. The molecule has 0 aromatic rings. The lowest BCUT2D eigenvalue weighted by Crippen LogP contribution is -2.74. The van der Waals surface area contributed by atoms with E-state index in [1.807, 2.05) is 27.7 Å². The van der Waals surface area contributed by atoms with E-state index in [0.29, 0.717) is 32.1 Å². The lowest BCUT2D eigenvalue weighted by atomic mass is 9.50. The molecule has 0 aromatic heterocycles. The summed E-state index contributed by atoms with van der Waals surface area (Å²) in [7, 11) is 0. The molecular weight excluding hydrogens is 1500 g/mol. The normalized spacial score (nSPS) is 48.1. The predicted octanol–water partition coefficient (Wildman–Crippen LogP) is 10.7. The fourth-order valence-electron chi connectivity index (χ4n) is 23.4. The summed E-state index contributed by atoms with van der Waals surface area (Å²) in [6.07, 6.45) is -0.463. The third-order valence-corrected chi connectivity index (χ3v) is 30.5. The number of hydrogen-bond donors (Lipinski definition) is 0. The fourth-order valence-corrected chi connectivity index (χ4v) is 23.4. The van der Waals surface area contributed by atoms with Gasteiger partial charge in [-0.2, -0.15) is 0 Å². The standard InChI is InChI=1S/C82H118O32/c1-42-14-17-54-46(5)65(99-69-79(54)50(42)29-34-74(10,103-69)107-111-79)95-61(87)24-20-57(83)91-38-78(39-92-58(84)21-25-62(88)96-66-47(6)55-18-15-43(2)51-30-35-75(11)104-70(100-66)80(51,55)112-108-75,40-93-59(85)22-26-63(89)97-67-48(7)56-19-16-44(3)52-31-36-76(12)105-71(101-67)81(52,56)113-109-76)41-94-60(86)23-27-64(90)98-68-49(8)73(9)33-28-45(4)53-32-37-77(13)106-72(102-68)82(53,73)114-110-77/h42-56,65-72H,14-41H2,1-13H3/t42-,43-,44+,45-,46-,47-,48+,49+,50+,51+,52-,53+,54+,55+,56-,65-,66?,67+,68-,69-,70-,71+,72-,73+,74+,75+,76-,77+,78?,79-,80-,81+,82+/m1/s1. The maximum Gasteiger partial charge on any atom is 0.308 e. The van der Waals surface area contributed by atoms with Crippen molar-refractivity contribution in [3.8, 4) is 0 Å². The average molecular weight is 1620 g/mol. The van der Waals surface area contributed by atoms with E-state index >= 15 is 0 Å². The van der Waals surface area contributed by atoms with E-state index in [-0.39, 0.29) is 82.9 Å². The first-order valence-electron chi connectivity index (χ1n) is 42.3. The minimum atomic E-state index is -1.98.